The van der Waals surface area contributed by atoms with E-state index in [-0.39, 0.29) is 6.01 Å². The van der Waals surface area contributed by atoms with Crippen LogP contribution in [0.1, 0.15) is 12.5 Å². The van der Waals surface area contributed by atoms with E-state index in [4.69, 9.17) is 4.74 Å². The Bertz CT molecular complexity index is 605. The van der Waals surface area contributed by atoms with Crippen LogP contribution in [0.15, 0.2) is 22.7 Å². The number of nitrogens with zero attached hydrogens (tertiary/aromatic N) is 3. The summed E-state index contributed by atoms with van der Waals surface area (Å²) in [6.07, 6.45) is 0. The molecule has 1 aromatic carbocycles. The largest absolute Gasteiger partial charge is 0.464 e. The third-order valence-electron chi connectivity index (χ3n) is 2.55. The summed E-state index contributed by atoms with van der Waals surface area (Å²) in [4.78, 5) is 12.6. The molecule has 1 aromatic heterocycles. The predicted molar refractivity (Wildman–Crippen MR) is 82.7 cm³/mol. The maximum Gasteiger partial charge on any atom is 0.323 e. The first-order valence-corrected chi connectivity index (χ1v) is 7.02. The van der Waals surface area contributed by atoms with Crippen molar-refractivity contribution in [2.24, 2.45) is 0 Å². The summed E-state index contributed by atoms with van der Waals surface area (Å²) in [5.41, 5.74) is 2.02. The number of aromatic nitrogens is 3. The van der Waals surface area contributed by atoms with E-state index in [9.17, 15) is 0 Å². The number of rotatable bonds is 5. The molecule has 20 heavy (non-hydrogen) atoms. The van der Waals surface area contributed by atoms with Crippen molar-refractivity contribution in [3.63, 3.8) is 0 Å². The molecular formula is C13H16BrN5O. The minimum Gasteiger partial charge on any atom is -0.464 e. The Morgan fingerprint density at radius 2 is 1.95 bits per heavy atom. The molecule has 7 heteroatoms. The Morgan fingerprint density at radius 1 is 1.20 bits per heavy atom. The van der Waals surface area contributed by atoms with Crippen molar-refractivity contribution in [1.82, 2.24) is 15.0 Å². The van der Waals surface area contributed by atoms with Crippen LogP contribution in [0.2, 0.25) is 0 Å². The second-order valence-corrected chi connectivity index (χ2v) is 4.80. The molecule has 0 fully saturated rings. The smallest absolute Gasteiger partial charge is 0.323 e. The summed E-state index contributed by atoms with van der Waals surface area (Å²) in [7, 11) is 1.75. The molecule has 6 nitrogen and oxygen atoms in total. The minimum atomic E-state index is 0.290. The molecule has 0 saturated carbocycles. The lowest BCUT2D eigenvalue weighted by molar-refractivity contribution is 0.312. The molecule has 0 bridgehead atoms. The number of ether oxygens (including phenoxy) is 1. The van der Waals surface area contributed by atoms with Crippen LogP contribution in [0.5, 0.6) is 6.01 Å². The van der Waals surface area contributed by atoms with Gasteiger partial charge in [-0.15, -0.1) is 0 Å². The zero-order valence-electron chi connectivity index (χ0n) is 11.6. The number of anilines is 3. The highest BCUT2D eigenvalue weighted by Gasteiger charge is 2.09. The number of hydrogen-bond acceptors (Lipinski definition) is 6. The average Bonchev–Trinajstić information content (AvgIpc) is 2.44. The standard InChI is InChI=1S/C13H16BrN5O/c1-4-20-13-18-11(15-3)17-12(19-13)16-9-7-5-6-8(2)10(9)14/h5-7H,4H2,1-3H3,(H2,15,16,17,18,19). The van der Waals surface area contributed by atoms with Gasteiger partial charge in [0.1, 0.15) is 0 Å². The van der Waals surface area contributed by atoms with Gasteiger partial charge in [-0.25, -0.2) is 0 Å². The molecule has 2 rings (SSSR count). The quantitative estimate of drug-likeness (QED) is 0.873. The van der Waals surface area contributed by atoms with Crippen molar-refractivity contribution < 1.29 is 4.74 Å². The van der Waals surface area contributed by atoms with Gasteiger partial charge in [-0.1, -0.05) is 12.1 Å². The second kappa shape index (κ2) is 6.51. The van der Waals surface area contributed by atoms with Gasteiger partial charge in [0.25, 0.3) is 0 Å². The normalized spacial score (nSPS) is 10.2. The lowest BCUT2D eigenvalue weighted by Crippen LogP contribution is -2.07. The Morgan fingerprint density at radius 3 is 2.65 bits per heavy atom. The fraction of sp³-hybridized carbons (Fsp3) is 0.308. The fourth-order valence-corrected chi connectivity index (χ4v) is 1.95. The van der Waals surface area contributed by atoms with Gasteiger partial charge in [-0.3, -0.25) is 0 Å². The van der Waals surface area contributed by atoms with Gasteiger partial charge in [0.2, 0.25) is 11.9 Å². The van der Waals surface area contributed by atoms with Crippen LogP contribution in [0.25, 0.3) is 0 Å². The Labute approximate surface area is 126 Å². The molecule has 0 radical (unpaired) electrons. The molecule has 0 aliphatic heterocycles. The second-order valence-electron chi connectivity index (χ2n) is 4.01. The van der Waals surface area contributed by atoms with Crippen LogP contribution in [0.3, 0.4) is 0 Å². The highest BCUT2D eigenvalue weighted by molar-refractivity contribution is 9.10. The van der Waals surface area contributed by atoms with E-state index in [1.807, 2.05) is 32.0 Å². The summed E-state index contributed by atoms with van der Waals surface area (Å²) >= 11 is 3.54. The molecular weight excluding hydrogens is 322 g/mol. The number of hydrogen-bond donors (Lipinski definition) is 2. The number of halogens is 1. The Balaban J connectivity index is 2.32. The number of benzene rings is 1. The molecule has 0 spiro atoms. The van der Waals surface area contributed by atoms with Gasteiger partial charge in [0.05, 0.1) is 12.3 Å². The topological polar surface area (TPSA) is 72.0 Å². The summed E-state index contributed by atoms with van der Waals surface area (Å²) in [6.45, 7) is 4.40. The lowest BCUT2D eigenvalue weighted by Gasteiger charge is -2.10. The van der Waals surface area contributed by atoms with Crippen molar-refractivity contribution in [3.8, 4) is 6.01 Å². The van der Waals surface area contributed by atoms with Crippen LogP contribution in [-0.4, -0.2) is 28.6 Å². The lowest BCUT2D eigenvalue weighted by atomic mass is 10.2. The van der Waals surface area contributed by atoms with E-state index in [0.717, 1.165) is 15.7 Å². The summed E-state index contributed by atoms with van der Waals surface area (Å²) in [5, 5.41) is 6.04. The third kappa shape index (κ3) is 3.36. The first-order valence-electron chi connectivity index (χ1n) is 6.22. The van der Waals surface area contributed by atoms with Crippen molar-refractivity contribution in [3.05, 3.63) is 28.2 Å². The van der Waals surface area contributed by atoms with Crippen molar-refractivity contribution in [2.45, 2.75) is 13.8 Å². The minimum absolute atomic E-state index is 0.290. The molecule has 0 aliphatic rings. The predicted octanol–water partition coefficient (Wildman–Crippen LogP) is 3.13. The molecule has 0 aliphatic carbocycles. The Hall–Kier alpha value is -1.89. The Kier molecular flexibility index (Phi) is 4.73. The van der Waals surface area contributed by atoms with Crippen LogP contribution in [0, 0.1) is 6.92 Å². The zero-order chi connectivity index (χ0) is 14.5. The van der Waals surface area contributed by atoms with Gasteiger partial charge in [0.15, 0.2) is 0 Å². The highest BCUT2D eigenvalue weighted by Crippen LogP contribution is 2.28. The van der Waals surface area contributed by atoms with E-state index < -0.39 is 0 Å². The van der Waals surface area contributed by atoms with Crippen LogP contribution in [0.4, 0.5) is 17.6 Å². The van der Waals surface area contributed by atoms with Crippen molar-refractivity contribution in [1.29, 1.82) is 0 Å². The van der Waals surface area contributed by atoms with E-state index in [1.54, 1.807) is 7.05 Å². The van der Waals surface area contributed by atoms with E-state index in [0.29, 0.717) is 18.5 Å². The molecule has 2 aromatic rings. The van der Waals surface area contributed by atoms with Crippen LogP contribution < -0.4 is 15.4 Å². The summed E-state index contributed by atoms with van der Waals surface area (Å²) in [5.74, 6) is 0.883. The molecule has 1 heterocycles. The molecule has 0 saturated heterocycles. The van der Waals surface area contributed by atoms with Gasteiger partial charge >= 0.3 is 6.01 Å². The third-order valence-corrected chi connectivity index (χ3v) is 3.60. The maximum absolute atomic E-state index is 5.33. The average molecular weight is 338 g/mol. The zero-order valence-corrected chi connectivity index (χ0v) is 13.2. The van der Waals surface area contributed by atoms with Gasteiger partial charge in [0, 0.05) is 11.5 Å². The van der Waals surface area contributed by atoms with Crippen molar-refractivity contribution >= 4 is 33.5 Å². The van der Waals surface area contributed by atoms with Gasteiger partial charge in [-0.05, 0) is 41.4 Å². The van der Waals surface area contributed by atoms with E-state index in [2.05, 4.69) is 41.5 Å². The molecule has 106 valence electrons. The molecule has 0 atom stereocenters. The van der Waals surface area contributed by atoms with Crippen LogP contribution >= 0.6 is 15.9 Å². The highest BCUT2D eigenvalue weighted by atomic mass is 79.9. The summed E-state index contributed by atoms with van der Waals surface area (Å²) < 4.78 is 6.30. The van der Waals surface area contributed by atoms with E-state index >= 15 is 0 Å². The van der Waals surface area contributed by atoms with Crippen LogP contribution in [-0.2, 0) is 0 Å². The molecule has 0 amide bonds. The first-order chi connectivity index (χ1) is 9.63. The van der Waals surface area contributed by atoms with Crippen molar-refractivity contribution in [2.75, 3.05) is 24.3 Å². The summed E-state index contributed by atoms with van der Waals surface area (Å²) in [6, 6.07) is 6.22. The molecule has 0 unspecified atom stereocenters. The van der Waals surface area contributed by atoms with E-state index in [1.165, 1.54) is 0 Å². The van der Waals surface area contributed by atoms with Gasteiger partial charge < -0.3 is 15.4 Å². The number of aryl methyl sites for hydroxylation is 1. The first kappa shape index (κ1) is 14.5. The molecule has 2 N–H and O–H groups in total. The fourth-order valence-electron chi connectivity index (χ4n) is 1.58. The number of nitrogens with one attached hydrogen (secondary N) is 2. The maximum atomic E-state index is 5.33. The SMILES string of the molecule is CCOc1nc(NC)nc(Nc2cccc(C)c2Br)n1. The monoisotopic (exact) mass is 337 g/mol. The van der Waals surface area contributed by atoms with Gasteiger partial charge in [-0.2, -0.15) is 15.0 Å².